The van der Waals surface area contributed by atoms with E-state index >= 15 is 0 Å². The Labute approximate surface area is 227 Å². The van der Waals surface area contributed by atoms with Crippen molar-refractivity contribution in [3.05, 3.63) is 53.0 Å². The Bertz CT molecular complexity index is 1210. The highest BCUT2D eigenvalue weighted by Gasteiger charge is 2.51. The summed E-state index contributed by atoms with van der Waals surface area (Å²) in [5.74, 6) is 0. The molecular weight excluding hydrogens is 539 g/mol. The number of thiocarbonyl (C=S) groups is 1. The van der Waals surface area contributed by atoms with E-state index in [-0.39, 0.29) is 35.2 Å². The number of alkyl halides is 3. The predicted octanol–water partition coefficient (Wildman–Crippen LogP) is 3.60. The lowest BCUT2D eigenvalue weighted by Crippen LogP contribution is -2.60. The van der Waals surface area contributed by atoms with E-state index in [1.165, 1.54) is 22.5 Å². The van der Waals surface area contributed by atoms with Gasteiger partial charge >= 0.3 is 6.18 Å². The van der Waals surface area contributed by atoms with Crippen molar-refractivity contribution in [1.82, 2.24) is 9.21 Å². The van der Waals surface area contributed by atoms with E-state index in [4.69, 9.17) is 17.0 Å². The molecule has 2 atom stereocenters. The third-order valence-electron chi connectivity index (χ3n) is 7.31. The number of hydrogen-bond donors (Lipinski definition) is 1. The van der Waals surface area contributed by atoms with Crippen LogP contribution < -0.4 is 4.90 Å². The molecule has 3 aliphatic rings. The Kier molecular flexibility index (Phi) is 8.15. The van der Waals surface area contributed by atoms with Crippen LogP contribution in [0.1, 0.15) is 32.8 Å². The van der Waals surface area contributed by atoms with Crippen LogP contribution in [0.15, 0.2) is 47.4 Å². The van der Waals surface area contributed by atoms with Crippen LogP contribution in [-0.2, 0) is 20.4 Å². The molecule has 38 heavy (non-hydrogen) atoms. The second-order valence-electron chi connectivity index (χ2n) is 10.8. The van der Waals surface area contributed by atoms with Crippen LogP contribution in [0.5, 0.6) is 0 Å². The van der Waals surface area contributed by atoms with Gasteiger partial charge in [-0.3, -0.25) is 4.90 Å². The van der Waals surface area contributed by atoms with Crippen molar-refractivity contribution < 1.29 is 31.4 Å². The Hall–Kier alpha value is -1.83. The molecule has 12 heteroatoms. The monoisotopic (exact) mass is 573 g/mol. The third-order valence-corrected chi connectivity index (χ3v) is 9.78. The van der Waals surface area contributed by atoms with Crippen molar-refractivity contribution in [2.45, 2.75) is 50.6 Å². The lowest BCUT2D eigenvalue weighted by molar-refractivity contribution is -0.258. The van der Waals surface area contributed by atoms with Gasteiger partial charge in [0.15, 0.2) is 5.60 Å². The summed E-state index contributed by atoms with van der Waals surface area (Å²) in [6.07, 6.45) is 0.647. The smallest absolute Gasteiger partial charge is 0.376 e. The zero-order valence-electron chi connectivity index (χ0n) is 21.7. The Morgan fingerprint density at radius 3 is 2.45 bits per heavy atom. The lowest BCUT2D eigenvalue weighted by atomic mass is 9.95. The quantitative estimate of drug-likeness (QED) is 0.522. The van der Waals surface area contributed by atoms with Crippen LogP contribution in [0.3, 0.4) is 0 Å². The number of aliphatic hydroxyl groups is 1. The number of hydrogen-bond acceptors (Lipinski definition) is 7. The first-order valence-electron chi connectivity index (χ1n) is 12.5. The molecule has 4 rings (SSSR count). The molecule has 210 valence electrons. The molecule has 2 heterocycles. The van der Waals surface area contributed by atoms with Gasteiger partial charge in [-0.15, -0.1) is 0 Å². The number of benzene rings is 1. The Morgan fingerprint density at radius 2 is 1.84 bits per heavy atom. The van der Waals surface area contributed by atoms with Gasteiger partial charge in [0.2, 0.25) is 10.0 Å². The second-order valence-corrected chi connectivity index (χ2v) is 13.2. The summed E-state index contributed by atoms with van der Waals surface area (Å²) in [5, 5.41) is 10.1. The van der Waals surface area contributed by atoms with Crippen molar-refractivity contribution in [3.8, 4) is 0 Å². The second kappa shape index (κ2) is 10.6. The van der Waals surface area contributed by atoms with Crippen LogP contribution >= 0.6 is 12.2 Å². The highest BCUT2D eigenvalue weighted by atomic mass is 32.2. The van der Waals surface area contributed by atoms with Gasteiger partial charge in [0, 0.05) is 56.2 Å². The molecule has 0 unspecified atom stereocenters. The molecule has 0 saturated carbocycles. The summed E-state index contributed by atoms with van der Waals surface area (Å²) in [6.45, 7) is 7.95. The molecule has 1 N–H and O–H groups in total. The van der Waals surface area contributed by atoms with Crippen LogP contribution in [0, 0.1) is 0 Å². The van der Waals surface area contributed by atoms with E-state index in [1.807, 2.05) is 24.8 Å². The Morgan fingerprint density at radius 1 is 1.16 bits per heavy atom. The van der Waals surface area contributed by atoms with Crippen molar-refractivity contribution in [2.24, 2.45) is 0 Å². The maximum absolute atomic E-state index is 13.5. The normalized spacial score (nSPS) is 25.2. The zero-order chi connectivity index (χ0) is 27.9. The molecule has 1 aromatic carbocycles. The molecule has 0 bridgehead atoms. The fourth-order valence-electron chi connectivity index (χ4n) is 5.14. The number of allylic oxidation sites excluding steroid dienone is 4. The fourth-order valence-corrected chi connectivity index (χ4v) is 7.21. The third kappa shape index (κ3) is 6.00. The zero-order valence-corrected chi connectivity index (χ0v) is 23.4. The van der Waals surface area contributed by atoms with E-state index in [0.29, 0.717) is 49.8 Å². The van der Waals surface area contributed by atoms with Crippen molar-refractivity contribution in [2.75, 3.05) is 50.8 Å². The van der Waals surface area contributed by atoms with Crippen molar-refractivity contribution >= 4 is 32.8 Å². The van der Waals surface area contributed by atoms with Gasteiger partial charge in [0.25, 0.3) is 0 Å². The fraction of sp³-hybridized carbons (Fsp3) is 0.577. The minimum absolute atomic E-state index is 0.147. The molecular formula is C26H34F3N3O4S2. The number of anilines is 1. The van der Waals surface area contributed by atoms with Gasteiger partial charge in [-0.2, -0.15) is 17.5 Å². The number of morpholine rings is 1. The standard InChI is InChI=1S/C26H34F3N3O4S2/c1-24(2)18-30(14-15-36-24)16-21-17-31(38(34,35)23-7-5-4-6-22(23)37)12-13-32(21)20-10-8-19(9-11-20)25(3,33)26(27,28)29/h4-5,7-11,21,33H,6,12-18H2,1-3H3/t21-,25-/m0/s1. The number of piperazine rings is 1. The van der Waals surface area contributed by atoms with Crippen LogP contribution in [0.25, 0.3) is 0 Å². The van der Waals surface area contributed by atoms with Crippen LogP contribution in [-0.4, -0.2) is 91.3 Å². The molecule has 2 saturated heterocycles. The summed E-state index contributed by atoms with van der Waals surface area (Å²) in [6, 6.07) is 5.39. The van der Waals surface area contributed by atoms with Gasteiger partial charge in [-0.25, -0.2) is 8.42 Å². The summed E-state index contributed by atoms with van der Waals surface area (Å²) in [4.78, 5) is 4.80. The SMILES string of the molecule is CC1(C)CN(C[C@H]2CN(S(=O)(=O)C3=CC=CCC3=S)CCN2c2ccc([C@](C)(O)C(F)(F)F)cc2)CCO1. The average molecular weight is 574 g/mol. The van der Waals surface area contributed by atoms with Gasteiger partial charge in [-0.05, 0) is 44.5 Å². The first kappa shape index (κ1) is 29.2. The number of rotatable bonds is 6. The number of nitrogens with zero attached hydrogens (tertiary/aromatic N) is 3. The first-order chi connectivity index (χ1) is 17.6. The van der Waals surface area contributed by atoms with Gasteiger partial charge < -0.3 is 14.7 Å². The highest BCUT2D eigenvalue weighted by Crippen LogP contribution is 2.39. The largest absolute Gasteiger partial charge is 0.421 e. The van der Waals surface area contributed by atoms with Gasteiger partial charge in [0.1, 0.15) is 0 Å². The summed E-state index contributed by atoms with van der Waals surface area (Å²) >= 11 is 5.34. The van der Waals surface area contributed by atoms with E-state index in [9.17, 15) is 26.7 Å². The van der Waals surface area contributed by atoms with Gasteiger partial charge in [0.05, 0.1) is 23.2 Å². The van der Waals surface area contributed by atoms with E-state index in [0.717, 1.165) is 6.92 Å². The number of sulfonamides is 1. The van der Waals surface area contributed by atoms with Crippen molar-refractivity contribution in [1.29, 1.82) is 0 Å². The average Bonchev–Trinajstić information content (AvgIpc) is 2.83. The molecule has 0 radical (unpaired) electrons. The molecule has 7 nitrogen and oxygen atoms in total. The van der Waals surface area contributed by atoms with Crippen LogP contribution in [0.2, 0.25) is 0 Å². The molecule has 2 aliphatic heterocycles. The van der Waals surface area contributed by atoms with E-state index in [2.05, 4.69) is 4.90 Å². The summed E-state index contributed by atoms with van der Waals surface area (Å²) in [7, 11) is -3.80. The molecule has 0 spiro atoms. The first-order valence-corrected chi connectivity index (χ1v) is 14.4. The molecule has 0 aromatic heterocycles. The number of ether oxygens (including phenoxy) is 1. The topological polar surface area (TPSA) is 73.3 Å². The number of halogens is 3. The summed E-state index contributed by atoms with van der Waals surface area (Å²) < 4.78 is 74.4. The van der Waals surface area contributed by atoms with Crippen LogP contribution in [0.4, 0.5) is 18.9 Å². The highest BCUT2D eigenvalue weighted by molar-refractivity contribution is 7.96. The maximum atomic E-state index is 13.5. The van der Waals surface area contributed by atoms with Crippen molar-refractivity contribution in [3.63, 3.8) is 0 Å². The van der Waals surface area contributed by atoms with Gasteiger partial charge in [-0.1, -0.05) is 36.5 Å². The maximum Gasteiger partial charge on any atom is 0.421 e. The minimum Gasteiger partial charge on any atom is -0.376 e. The molecule has 1 aromatic rings. The molecule has 1 aliphatic carbocycles. The lowest BCUT2D eigenvalue weighted by Gasteiger charge is -2.46. The molecule has 2 fully saturated rings. The summed E-state index contributed by atoms with van der Waals surface area (Å²) in [5.41, 5.74) is -2.92. The predicted molar refractivity (Wildman–Crippen MR) is 145 cm³/mol. The van der Waals surface area contributed by atoms with E-state index < -0.39 is 21.8 Å². The Balaban J connectivity index is 1.61. The molecule has 0 amide bonds. The minimum atomic E-state index is -4.82. The van der Waals surface area contributed by atoms with E-state index in [1.54, 1.807) is 18.2 Å².